The average molecular weight is 298 g/mol. The largest absolute Gasteiger partial charge is 0.348 e. The van der Waals surface area contributed by atoms with Gasteiger partial charge in [-0.15, -0.1) is 0 Å². The molecule has 1 aromatic carbocycles. The van der Waals surface area contributed by atoms with Crippen molar-refractivity contribution < 1.29 is 9.59 Å². The summed E-state index contributed by atoms with van der Waals surface area (Å²) in [6.07, 6.45) is 0. The van der Waals surface area contributed by atoms with Gasteiger partial charge in [-0.2, -0.15) is 5.10 Å². The van der Waals surface area contributed by atoms with Gasteiger partial charge in [0.25, 0.3) is 11.8 Å². The van der Waals surface area contributed by atoms with Crippen LogP contribution in [-0.2, 0) is 13.6 Å². The van der Waals surface area contributed by atoms with Crippen LogP contribution < -0.4 is 10.6 Å². The van der Waals surface area contributed by atoms with E-state index >= 15 is 0 Å². The summed E-state index contributed by atoms with van der Waals surface area (Å²) in [5.74, 6) is -0.0783. The molecule has 1 aromatic heterocycles. The Bertz CT molecular complexity index is 762. The first-order valence-corrected chi connectivity index (χ1v) is 7.22. The highest BCUT2D eigenvalue weighted by Gasteiger charge is 2.20. The first kappa shape index (κ1) is 14.3. The summed E-state index contributed by atoms with van der Waals surface area (Å²) in [4.78, 5) is 24.0. The van der Waals surface area contributed by atoms with Crippen molar-refractivity contribution in [3.05, 3.63) is 46.8 Å². The maximum atomic E-state index is 12.4. The van der Waals surface area contributed by atoms with E-state index in [9.17, 15) is 9.59 Å². The van der Waals surface area contributed by atoms with E-state index in [1.54, 1.807) is 29.9 Å². The van der Waals surface area contributed by atoms with Crippen molar-refractivity contribution in [2.24, 2.45) is 7.05 Å². The van der Waals surface area contributed by atoms with E-state index in [-0.39, 0.29) is 17.7 Å². The van der Waals surface area contributed by atoms with Crippen LogP contribution in [0.1, 0.15) is 51.9 Å². The summed E-state index contributed by atoms with van der Waals surface area (Å²) in [5, 5.41) is 9.91. The number of fused-ring (bicyclic) bond motifs is 1. The Balaban J connectivity index is 1.83. The molecule has 0 saturated carbocycles. The van der Waals surface area contributed by atoms with E-state index in [4.69, 9.17) is 0 Å². The molecular formula is C16H18N4O2. The molecular weight excluding hydrogens is 280 g/mol. The summed E-state index contributed by atoms with van der Waals surface area (Å²) in [7, 11) is 1.75. The minimum Gasteiger partial charge on any atom is -0.348 e. The number of aromatic nitrogens is 2. The molecule has 22 heavy (non-hydrogen) atoms. The van der Waals surface area contributed by atoms with Gasteiger partial charge in [0.2, 0.25) is 0 Å². The normalized spacial score (nSPS) is 13.2. The third-order valence-corrected chi connectivity index (χ3v) is 3.77. The molecule has 0 aliphatic carbocycles. The maximum Gasteiger partial charge on any atom is 0.273 e. The highest BCUT2D eigenvalue weighted by Crippen LogP contribution is 2.21. The molecule has 6 heteroatoms. The summed E-state index contributed by atoms with van der Waals surface area (Å²) in [6, 6.07) is 7.15. The van der Waals surface area contributed by atoms with Crippen molar-refractivity contribution in [1.82, 2.24) is 15.1 Å². The first-order chi connectivity index (χ1) is 10.5. The minimum atomic E-state index is -0.236. The molecule has 3 rings (SSSR count). The molecule has 114 valence electrons. The van der Waals surface area contributed by atoms with E-state index in [1.807, 2.05) is 19.9 Å². The van der Waals surface area contributed by atoms with Crippen molar-refractivity contribution in [3.63, 3.8) is 0 Å². The number of benzene rings is 1. The SMILES string of the molecule is CC(C)c1cc(C(=O)Nc2ccc3c(c2)C(=O)NC3)n(C)n1. The zero-order valence-electron chi connectivity index (χ0n) is 12.8. The standard InChI is InChI=1S/C16H18N4O2/c1-9(2)13-7-14(20(3)19-13)16(22)18-11-5-4-10-8-17-15(21)12(10)6-11/h4-7,9H,8H2,1-3H3,(H,17,21)(H,18,22). The molecule has 0 bridgehead atoms. The van der Waals surface area contributed by atoms with E-state index in [1.165, 1.54) is 0 Å². The lowest BCUT2D eigenvalue weighted by molar-refractivity contribution is 0.0963. The summed E-state index contributed by atoms with van der Waals surface area (Å²) in [5.41, 5.74) is 3.54. The van der Waals surface area contributed by atoms with Gasteiger partial charge in [0, 0.05) is 24.8 Å². The molecule has 0 fully saturated rings. The lowest BCUT2D eigenvalue weighted by Crippen LogP contribution is -2.16. The number of rotatable bonds is 3. The van der Waals surface area contributed by atoms with Crippen LogP contribution in [0.4, 0.5) is 5.69 Å². The number of amides is 2. The molecule has 1 aliphatic heterocycles. The van der Waals surface area contributed by atoms with Crippen LogP contribution in [0, 0.1) is 0 Å². The number of anilines is 1. The molecule has 2 amide bonds. The zero-order chi connectivity index (χ0) is 15.9. The van der Waals surface area contributed by atoms with Gasteiger partial charge in [0.05, 0.1) is 5.69 Å². The molecule has 0 saturated heterocycles. The Morgan fingerprint density at radius 2 is 2.14 bits per heavy atom. The monoisotopic (exact) mass is 298 g/mol. The molecule has 2 heterocycles. The molecule has 0 spiro atoms. The number of nitrogens with zero attached hydrogens (tertiary/aromatic N) is 2. The lowest BCUT2D eigenvalue weighted by Gasteiger charge is -2.06. The smallest absolute Gasteiger partial charge is 0.273 e. The zero-order valence-corrected chi connectivity index (χ0v) is 12.8. The Labute approximate surface area is 128 Å². The van der Waals surface area contributed by atoms with Crippen LogP contribution in [0.3, 0.4) is 0 Å². The van der Waals surface area contributed by atoms with Gasteiger partial charge >= 0.3 is 0 Å². The van der Waals surface area contributed by atoms with Gasteiger partial charge in [-0.1, -0.05) is 19.9 Å². The molecule has 0 atom stereocenters. The Hall–Kier alpha value is -2.63. The molecule has 0 radical (unpaired) electrons. The Kier molecular flexibility index (Phi) is 3.44. The van der Waals surface area contributed by atoms with Gasteiger partial charge < -0.3 is 10.6 Å². The van der Waals surface area contributed by atoms with Crippen LogP contribution in [0.5, 0.6) is 0 Å². The Morgan fingerprint density at radius 1 is 1.36 bits per heavy atom. The molecule has 2 N–H and O–H groups in total. The third-order valence-electron chi connectivity index (χ3n) is 3.77. The van der Waals surface area contributed by atoms with Crippen LogP contribution >= 0.6 is 0 Å². The number of nitrogens with one attached hydrogen (secondary N) is 2. The van der Waals surface area contributed by atoms with Gasteiger partial charge in [0.1, 0.15) is 5.69 Å². The molecule has 0 unspecified atom stereocenters. The quantitative estimate of drug-likeness (QED) is 0.910. The van der Waals surface area contributed by atoms with Crippen molar-refractivity contribution >= 4 is 17.5 Å². The molecule has 2 aromatic rings. The second-order valence-corrected chi connectivity index (χ2v) is 5.74. The van der Waals surface area contributed by atoms with E-state index in [0.29, 0.717) is 23.5 Å². The maximum absolute atomic E-state index is 12.4. The third kappa shape index (κ3) is 2.47. The van der Waals surface area contributed by atoms with Crippen LogP contribution in [-0.4, -0.2) is 21.6 Å². The van der Waals surface area contributed by atoms with Crippen LogP contribution in [0.15, 0.2) is 24.3 Å². The van der Waals surface area contributed by atoms with Crippen LogP contribution in [0.25, 0.3) is 0 Å². The summed E-state index contributed by atoms with van der Waals surface area (Å²) < 4.78 is 1.57. The molecule has 6 nitrogen and oxygen atoms in total. The fourth-order valence-corrected chi connectivity index (χ4v) is 2.47. The van der Waals surface area contributed by atoms with Crippen LogP contribution in [0.2, 0.25) is 0 Å². The second-order valence-electron chi connectivity index (χ2n) is 5.74. The van der Waals surface area contributed by atoms with Gasteiger partial charge in [0.15, 0.2) is 0 Å². The molecule has 1 aliphatic rings. The van der Waals surface area contributed by atoms with E-state index in [2.05, 4.69) is 15.7 Å². The van der Waals surface area contributed by atoms with Crippen molar-refractivity contribution in [3.8, 4) is 0 Å². The minimum absolute atomic E-state index is 0.103. The van der Waals surface area contributed by atoms with Gasteiger partial charge in [-0.3, -0.25) is 14.3 Å². The van der Waals surface area contributed by atoms with Gasteiger partial charge in [-0.25, -0.2) is 0 Å². The fourth-order valence-electron chi connectivity index (χ4n) is 2.47. The second kappa shape index (κ2) is 5.29. The topological polar surface area (TPSA) is 76.0 Å². The van der Waals surface area contributed by atoms with E-state index < -0.39 is 0 Å². The number of carbonyl (C=O) groups excluding carboxylic acids is 2. The number of hydrogen-bond acceptors (Lipinski definition) is 3. The highest BCUT2D eigenvalue weighted by molar-refractivity contribution is 6.05. The highest BCUT2D eigenvalue weighted by atomic mass is 16.2. The number of hydrogen-bond donors (Lipinski definition) is 2. The first-order valence-electron chi connectivity index (χ1n) is 7.22. The van der Waals surface area contributed by atoms with Gasteiger partial charge in [-0.05, 0) is 29.7 Å². The summed E-state index contributed by atoms with van der Waals surface area (Å²) >= 11 is 0. The number of aryl methyl sites for hydroxylation is 1. The van der Waals surface area contributed by atoms with E-state index in [0.717, 1.165) is 11.3 Å². The predicted octanol–water partition coefficient (Wildman–Crippen LogP) is 2.04. The summed E-state index contributed by atoms with van der Waals surface area (Å²) in [6.45, 7) is 4.61. The number of carbonyl (C=O) groups is 2. The van der Waals surface area contributed by atoms with Crippen molar-refractivity contribution in [2.75, 3.05) is 5.32 Å². The fraction of sp³-hybridized carbons (Fsp3) is 0.312. The lowest BCUT2D eigenvalue weighted by atomic mass is 10.1. The predicted molar refractivity (Wildman–Crippen MR) is 82.9 cm³/mol. The average Bonchev–Trinajstić information content (AvgIpc) is 3.03. The Morgan fingerprint density at radius 3 is 2.82 bits per heavy atom. The van der Waals surface area contributed by atoms with Crippen molar-refractivity contribution in [2.45, 2.75) is 26.3 Å². The van der Waals surface area contributed by atoms with Crippen molar-refractivity contribution in [1.29, 1.82) is 0 Å².